The molecule has 0 spiro atoms. The molecule has 0 radical (unpaired) electrons. The molecule has 1 aliphatic rings. The predicted molar refractivity (Wildman–Crippen MR) is 65.4 cm³/mol. The molecule has 3 nitrogen and oxygen atoms in total. The highest BCUT2D eigenvalue weighted by Gasteiger charge is 2.20. The number of nitrogens with one attached hydrogen (secondary N) is 1. The first-order valence-corrected chi connectivity index (χ1v) is 5.69. The summed E-state index contributed by atoms with van der Waals surface area (Å²) in [6, 6.07) is 4.08. The molecule has 1 aromatic rings. The molecule has 0 bridgehead atoms. The number of halogens is 1. The molecule has 80 valence electrons. The van der Waals surface area contributed by atoms with Crippen LogP contribution in [0.1, 0.15) is 12.0 Å². The zero-order valence-corrected chi connectivity index (χ0v) is 10.4. The first kappa shape index (κ1) is 10.5. The summed E-state index contributed by atoms with van der Waals surface area (Å²) in [4.78, 5) is 13.4. The standard InChI is InChI=1S/C11H13BrN2O/c1-7-5-8(12)11-9(6-7)14(2)10(15)3-4-13-11/h5-6,13H,3-4H2,1-2H3. The van der Waals surface area contributed by atoms with E-state index in [1.165, 1.54) is 0 Å². The van der Waals surface area contributed by atoms with Crippen LogP contribution in [0.15, 0.2) is 16.6 Å². The molecule has 1 N–H and O–H groups in total. The Morgan fingerprint density at radius 3 is 2.93 bits per heavy atom. The number of fused-ring (bicyclic) bond motifs is 1. The molecule has 2 rings (SSSR count). The third kappa shape index (κ3) is 1.86. The van der Waals surface area contributed by atoms with Crippen LogP contribution >= 0.6 is 15.9 Å². The largest absolute Gasteiger partial charge is 0.382 e. The summed E-state index contributed by atoms with van der Waals surface area (Å²) in [7, 11) is 1.82. The van der Waals surface area contributed by atoms with Gasteiger partial charge in [0.2, 0.25) is 5.91 Å². The molecule has 0 fully saturated rings. The van der Waals surface area contributed by atoms with Gasteiger partial charge in [0.25, 0.3) is 0 Å². The molecule has 4 heteroatoms. The lowest BCUT2D eigenvalue weighted by molar-refractivity contribution is -0.118. The number of carbonyl (C=O) groups excluding carboxylic acids is 1. The van der Waals surface area contributed by atoms with Gasteiger partial charge in [0.1, 0.15) is 0 Å². The maximum absolute atomic E-state index is 11.7. The smallest absolute Gasteiger partial charge is 0.228 e. The highest BCUT2D eigenvalue weighted by molar-refractivity contribution is 9.10. The second-order valence-electron chi connectivity index (χ2n) is 3.77. The minimum Gasteiger partial charge on any atom is -0.382 e. The number of carbonyl (C=O) groups is 1. The number of aryl methyl sites for hydroxylation is 1. The van der Waals surface area contributed by atoms with Gasteiger partial charge in [-0.25, -0.2) is 0 Å². The number of amides is 1. The van der Waals surface area contributed by atoms with Gasteiger partial charge in [-0.3, -0.25) is 4.79 Å². The van der Waals surface area contributed by atoms with Crippen LogP contribution in [-0.2, 0) is 4.79 Å². The fourth-order valence-electron chi connectivity index (χ4n) is 1.76. The van der Waals surface area contributed by atoms with Gasteiger partial charge in [-0.05, 0) is 40.5 Å². The third-order valence-electron chi connectivity index (χ3n) is 2.59. The lowest BCUT2D eigenvalue weighted by Gasteiger charge is -2.18. The second kappa shape index (κ2) is 3.85. The monoisotopic (exact) mass is 268 g/mol. The SMILES string of the molecule is Cc1cc(Br)c2c(c1)N(C)C(=O)CCN2. The van der Waals surface area contributed by atoms with E-state index in [0.717, 1.165) is 21.4 Å². The molecule has 15 heavy (non-hydrogen) atoms. The Morgan fingerprint density at radius 2 is 2.20 bits per heavy atom. The molecule has 0 unspecified atom stereocenters. The van der Waals surface area contributed by atoms with E-state index in [1.807, 2.05) is 20.0 Å². The third-order valence-corrected chi connectivity index (χ3v) is 3.22. The highest BCUT2D eigenvalue weighted by atomic mass is 79.9. The molecular weight excluding hydrogens is 256 g/mol. The Kier molecular flexibility index (Phi) is 2.69. The molecular formula is C11H13BrN2O. The Balaban J connectivity index is 2.58. The average Bonchev–Trinajstić information content (AvgIpc) is 2.30. The summed E-state index contributed by atoms with van der Waals surface area (Å²) in [5, 5.41) is 3.27. The van der Waals surface area contributed by atoms with Crippen LogP contribution in [0.2, 0.25) is 0 Å². The molecule has 0 saturated carbocycles. The lowest BCUT2D eigenvalue weighted by atomic mass is 10.2. The summed E-state index contributed by atoms with van der Waals surface area (Å²) in [6.07, 6.45) is 0.538. The Hall–Kier alpha value is -1.03. The van der Waals surface area contributed by atoms with Crippen molar-refractivity contribution in [3.8, 4) is 0 Å². The van der Waals surface area contributed by atoms with Crippen molar-refractivity contribution in [3.63, 3.8) is 0 Å². The number of hydrogen-bond acceptors (Lipinski definition) is 2. The van der Waals surface area contributed by atoms with Gasteiger partial charge in [0.15, 0.2) is 0 Å². The van der Waals surface area contributed by atoms with Crippen molar-refractivity contribution in [2.75, 3.05) is 23.8 Å². The van der Waals surface area contributed by atoms with Gasteiger partial charge in [-0.1, -0.05) is 0 Å². The van der Waals surface area contributed by atoms with Crippen LogP contribution in [0.3, 0.4) is 0 Å². The van der Waals surface area contributed by atoms with Crippen molar-refractivity contribution in [3.05, 3.63) is 22.2 Å². The second-order valence-corrected chi connectivity index (χ2v) is 4.62. The molecule has 1 aliphatic heterocycles. The van der Waals surface area contributed by atoms with E-state index in [9.17, 15) is 4.79 Å². The molecule has 1 aromatic carbocycles. The van der Waals surface area contributed by atoms with Crippen molar-refractivity contribution in [2.24, 2.45) is 0 Å². The Labute approximate surface area is 97.6 Å². The zero-order chi connectivity index (χ0) is 11.0. The van der Waals surface area contributed by atoms with E-state index >= 15 is 0 Å². The van der Waals surface area contributed by atoms with Crippen molar-refractivity contribution in [1.82, 2.24) is 0 Å². The highest BCUT2D eigenvalue weighted by Crippen LogP contribution is 2.35. The number of rotatable bonds is 0. The van der Waals surface area contributed by atoms with E-state index in [2.05, 4.69) is 27.3 Å². The van der Waals surface area contributed by atoms with Crippen molar-refractivity contribution >= 4 is 33.2 Å². The van der Waals surface area contributed by atoms with E-state index in [4.69, 9.17) is 0 Å². The fraction of sp³-hybridized carbons (Fsp3) is 0.364. The molecule has 1 heterocycles. The van der Waals surface area contributed by atoms with Gasteiger partial charge in [-0.2, -0.15) is 0 Å². The maximum atomic E-state index is 11.7. The molecule has 0 aromatic heterocycles. The van der Waals surface area contributed by atoms with Gasteiger partial charge >= 0.3 is 0 Å². The van der Waals surface area contributed by atoms with Gasteiger partial charge < -0.3 is 10.2 Å². The normalized spacial score (nSPS) is 15.7. The van der Waals surface area contributed by atoms with E-state index < -0.39 is 0 Å². The molecule has 0 saturated heterocycles. The predicted octanol–water partition coefficient (Wildman–Crippen LogP) is 2.54. The van der Waals surface area contributed by atoms with E-state index in [1.54, 1.807) is 4.90 Å². The summed E-state index contributed by atoms with van der Waals surface area (Å²) in [6.45, 7) is 2.71. The molecule has 0 atom stereocenters. The van der Waals surface area contributed by atoms with Crippen LogP contribution in [0, 0.1) is 6.92 Å². The molecule has 0 aliphatic carbocycles. The number of benzene rings is 1. The summed E-state index contributed by atoms with van der Waals surface area (Å²) >= 11 is 3.51. The summed E-state index contributed by atoms with van der Waals surface area (Å²) in [5.74, 6) is 0.152. The van der Waals surface area contributed by atoms with Gasteiger partial charge in [0, 0.05) is 24.5 Å². The van der Waals surface area contributed by atoms with Crippen LogP contribution in [0.4, 0.5) is 11.4 Å². The van der Waals surface area contributed by atoms with Crippen molar-refractivity contribution in [2.45, 2.75) is 13.3 Å². The van der Waals surface area contributed by atoms with Gasteiger partial charge in [0.05, 0.1) is 11.4 Å². The quantitative estimate of drug-likeness (QED) is 0.785. The summed E-state index contributed by atoms with van der Waals surface area (Å²) < 4.78 is 1.01. The van der Waals surface area contributed by atoms with Gasteiger partial charge in [-0.15, -0.1) is 0 Å². The van der Waals surface area contributed by atoms with E-state index in [0.29, 0.717) is 13.0 Å². The van der Waals surface area contributed by atoms with Crippen molar-refractivity contribution in [1.29, 1.82) is 0 Å². The van der Waals surface area contributed by atoms with Crippen molar-refractivity contribution < 1.29 is 4.79 Å². The first-order chi connectivity index (χ1) is 7.09. The van der Waals surface area contributed by atoms with Crippen LogP contribution < -0.4 is 10.2 Å². The average molecular weight is 269 g/mol. The minimum absolute atomic E-state index is 0.152. The lowest BCUT2D eigenvalue weighted by Crippen LogP contribution is -2.25. The number of anilines is 2. The van der Waals surface area contributed by atoms with E-state index in [-0.39, 0.29) is 5.91 Å². The zero-order valence-electron chi connectivity index (χ0n) is 8.80. The topological polar surface area (TPSA) is 32.3 Å². The van der Waals surface area contributed by atoms with Crippen LogP contribution in [0.25, 0.3) is 0 Å². The number of nitrogens with zero attached hydrogens (tertiary/aromatic N) is 1. The maximum Gasteiger partial charge on any atom is 0.228 e. The Bertz CT molecular complexity index is 417. The Morgan fingerprint density at radius 1 is 1.47 bits per heavy atom. The first-order valence-electron chi connectivity index (χ1n) is 4.90. The van der Waals surface area contributed by atoms with Crippen LogP contribution in [0.5, 0.6) is 0 Å². The van der Waals surface area contributed by atoms with Crippen LogP contribution in [-0.4, -0.2) is 19.5 Å². The minimum atomic E-state index is 0.152. The fourth-order valence-corrected chi connectivity index (χ4v) is 2.46. The molecule has 1 amide bonds. The number of hydrogen-bond donors (Lipinski definition) is 1. The summed E-state index contributed by atoms with van der Waals surface area (Å²) in [5.41, 5.74) is 3.10.